The Morgan fingerprint density at radius 2 is 0.623 bits per heavy atom. The molecule has 0 saturated carbocycles. The van der Waals surface area contributed by atoms with E-state index >= 15 is 0 Å². The lowest BCUT2D eigenvalue weighted by Crippen LogP contribution is -2.16. The van der Waals surface area contributed by atoms with Crippen molar-refractivity contribution in [3.63, 3.8) is 0 Å². The van der Waals surface area contributed by atoms with Crippen LogP contribution >= 0.6 is 0 Å². The van der Waals surface area contributed by atoms with Crippen molar-refractivity contribution in [1.82, 2.24) is 0 Å². The van der Waals surface area contributed by atoms with E-state index in [-0.39, 0.29) is 5.41 Å². The van der Waals surface area contributed by atoms with Crippen LogP contribution in [0, 0.1) is 0 Å². The van der Waals surface area contributed by atoms with Crippen molar-refractivity contribution < 1.29 is 0 Å². The highest BCUT2D eigenvalue weighted by molar-refractivity contribution is 5.87. The smallest absolute Gasteiger partial charge is 0.0465 e. The molecule has 2 heteroatoms. The summed E-state index contributed by atoms with van der Waals surface area (Å²) in [6.45, 7) is 4.73. The highest BCUT2D eigenvalue weighted by atomic mass is 15.1. The highest BCUT2D eigenvalue weighted by Gasteiger charge is 2.36. The zero-order valence-corrected chi connectivity index (χ0v) is 34.5. The SMILES string of the molecule is CC1(C)c2cc(/C=C/c3ccc(N(c4ccccc4)c4ccc(-c5ccccc5)cc4)cc3)ccc2-c2ccc(N(c3ccccc3)c3ccc(-c4ccccc4)cc3)cc21. The summed E-state index contributed by atoms with van der Waals surface area (Å²) < 4.78 is 0. The fraction of sp³-hybridized carbons (Fsp3) is 0.0508. The zero-order chi connectivity index (χ0) is 41.2. The molecule has 0 amide bonds. The molecule has 1 aliphatic rings. The summed E-state index contributed by atoms with van der Waals surface area (Å²) in [5.41, 5.74) is 19.1. The molecule has 0 atom stereocenters. The maximum atomic E-state index is 2.40. The van der Waals surface area contributed by atoms with Gasteiger partial charge in [-0.3, -0.25) is 0 Å². The van der Waals surface area contributed by atoms with Gasteiger partial charge in [-0.25, -0.2) is 0 Å². The van der Waals surface area contributed by atoms with E-state index in [4.69, 9.17) is 0 Å². The van der Waals surface area contributed by atoms with Gasteiger partial charge in [-0.05, 0) is 128 Å². The third-order valence-electron chi connectivity index (χ3n) is 12.1. The number of benzene rings is 9. The van der Waals surface area contributed by atoms with E-state index in [2.05, 4.69) is 266 Å². The van der Waals surface area contributed by atoms with Crippen LogP contribution < -0.4 is 9.80 Å². The lowest BCUT2D eigenvalue weighted by molar-refractivity contribution is 0.660. The Morgan fingerprint density at radius 1 is 0.295 bits per heavy atom. The van der Waals surface area contributed by atoms with Gasteiger partial charge in [-0.2, -0.15) is 0 Å². The minimum absolute atomic E-state index is 0.175. The van der Waals surface area contributed by atoms with Crippen LogP contribution in [-0.2, 0) is 5.41 Å². The third kappa shape index (κ3) is 7.45. The average Bonchev–Trinajstić information content (AvgIpc) is 3.55. The van der Waals surface area contributed by atoms with Crippen molar-refractivity contribution in [1.29, 1.82) is 0 Å². The van der Waals surface area contributed by atoms with Crippen molar-refractivity contribution in [3.05, 3.63) is 253 Å². The maximum Gasteiger partial charge on any atom is 0.0465 e. The summed E-state index contributed by atoms with van der Waals surface area (Å²) in [6, 6.07) is 82.9. The topological polar surface area (TPSA) is 6.48 Å². The second-order valence-corrected chi connectivity index (χ2v) is 16.3. The van der Waals surface area contributed by atoms with Crippen LogP contribution in [0.4, 0.5) is 34.1 Å². The van der Waals surface area contributed by atoms with Crippen LogP contribution in [0.15, 0.2) is 231 Å². The normalized spacial score (nSPS) is 12.5. The van der Waals surface area contributed by atoms with E-state index in [0.29, 0.717) is 0 Å². The molecular weight excluding hydrogens is 737 g/mol. The Kier molecular flexibility index (Phi) is 9.96. The molecule has 0 bridgehead atoms. The summed E-state index contributed by atoms with van der Waals surface area (Å²) in [5, 5.41) is 0. The minimum atomic E-state index is -0.175. The fourth-order valence-electron chi connectivity index (χ4n) is 8.83. The Balaban J connectivity index is 0.910. The molecule has 0 N–H and O–H groups in total. The molecule has 0 spiro atoms. The average molecular weight is 783 g/mol. The number of hydrogen-bond acceptors (Lipinski definition) is 2. The molecule has 10 rings (SSSR count). The van der Waals surface area contributed by atoms with Gasteiger partial charge in [0.2, 0.25) is 0 Å². The molecule has 0 saturated heterocycles. The van der Waals surface area contributed by atoms with Crippen molar-refractivity contribution in [2.75, 3.05) is 9.80 Å². The number of nitrogens with zero attached hydrogens (tertiary/aromatic N) is 2. The molecule has 0 aliphatic heterocycles. The van der Waals surface area contributed by atoms with Gasteiger partial charge in [0.15, 0.2) is 0 Å². The van der Waals surface area contributed by atoms with E-state index in [9.17, 15) is 0 Å². The fourth-order valence-corrected chi connectivity index (χ4v) is 8.83. The monoisotopic (exact) mass is 782 g/mol. The number of rotatable bonds is 10. The molecule has 292 valence electrons. The second-order valence-electron chi connectivity index (χ2n) is 16.3. The van der Waals surface area contributed by atoms with Crippen molar-refractivity contribution in [2.24, 2.45) is 0 Å². The Morgan fingerprint density at radius 3 is 1.11 bits per heavy atom. The van der Waals surface area contributed by atoms with Gasteiger partial charge in [0, 0.05) is 39.5 Å². The Labute approximate surface area is 360 Å². The highest BCUT2D eigenvalue weighted by Crippen LogP contribution is 2.51. The van der Waals surface area contributed by atoms with Crippen LogP contribution in [0.25, 0.3) is 45.5 Å². The van der Waals surface area contributed by atoms with E-state index in [1.165, 1.54) is 50.1 Å². The molecule has 0 unspecified atom stereocenters. The Bertz CT molecular complexity index is 2930. The van der Waals surface area contributed by atoms with Crippen LogP contribution in [0.5, 0.6) is 0 Å². The second kappa shape index (κ2) is 16.2. The van der Waals surface area contributed by atoms with E-state index in [1.54, 1.807) is 0 Å². The first-order valence-corrected chi connectivity index (χ1v) is 21.1. The van der Waals surface area contributed by atoms with Gasteiger partial charge in [-0.15, -0.1) is 0 Å². The van der Waals surface area contributed by atoms with E-state index in [1.807, 2.05) is 0 Å². The molecule has 0 heterocycles. The molecule has 0 fully saturated rings. The molecular formula is C59H46N2. The molecule has 9 aromatic rings. The summed E-state index contributed by atoms with van der Waals surface area (Å²) in [6.07, 6.45) is 4.47. The summed E-state index contributed by atoms with van der Waals surface area (Å²) in [5.74, 6) is 0. The van der Waals surface area contributed by atoms with Crippen LogP contribution in [0.3, 0.4) is 0 Å². The zero-order valence-electron chi connectivity index (χ0n) is 34.5. The molecule has 2 nitrogen and oxygen atoms in total. The predicted octanol–water partition coefficient (Wildman–Crippen LogP) is 16.4. The first kappa shape index (κ1) is 37.6. The van der Waals surface area contributed by atoms with Gasteiger partial charge < -0.3 is 9.80 Å². The minimum Gasteiger partial charge on any atom is -0.311 e. The first-order valence-electron chi connectivity index (χ1n) is 21.1. The number of anilines is 6. The van der Waals surface area contributed by atoms with Gasteiger partial charge >= 0.3 is 0 Å². The lowest BCUT2D eigenvalue weighted by Gasteiger charge is -2.28. The van der Waals surface area contributed by atoms with E-state index in [0.717, 1.165) is 39.7 Å². The Hall–Kier alpha value is -7.68. The van der Waals surface area contributed by atoms with Gasteiger partial charge in [0.05, 0.1) is 0 Å². The number of para-hydroxylation sites is 2. The van der Waals surface area contributed by atoms with Crippen molar-refractivity contribution >= 4 is 46.3 Å². The first-order chi connectivity index (χ1) is 30.0. The van der Waals surface area contributed by atoms with Gasteiger partial charge in [0.1, 0.15) is 0 Å². The summed E-state index contributed by atoms with van der Waals surface area (Å²) >= 11 is 0. The van der Waals surface area contributed by atoms with E-state index < -0.39 is 0 Å². The third-order valence-corrected chi connectivity index (χ3v) is 12.1. The molecule has 0 aromatic heterocycles. The molecule has 0 radical (unpaired) electrons. The van der Waals surface area contributed by atoms with Gasteiger partial charge in [0.25, 0.3) is 0 Å². The maximum absolute atomic E-state index is 2.40. The standard InChI is InChI=1S/C59H46N2/c1-59(2)57-41-44(24-23-43-25-32-51(33-26-43)60(49-19-11-5-12-20-49)52-34-28-47(29-35-52)45-15-7-3-8-16-45)27-39-55(57)56-40-38-54(42-58(56)59)61(50-21-13-6-14-22-50)53-36-30-48(31-37-53)46-17-9-4-10-18-46/h3-42H,1-2H3/b24-23+. The predicted molar refractivity (Wildman–Crippen MR) is 260 cm³/mol. The molecule has 61 heavy (non-hydrogen) atoms. The quantitative estimate of drug-likeness (QED) is 0.128. The summed E-state index contributed by atoms with van der Waals surface area (Å²) in [7, 11) is 0. The van der Waals surface area contributed by atoms with Crippen LogP contribution in [0.1, 0.15) is 36.1 Å². The van der Waals surface area contributed by atoms with Crippen LogP contribution in [0.2, 0.25) is 0 Å². The van der Waals surface area contributed by atoms with Crippen molar-refractivity contribution in [3.8, 4) is 33.4 Å². The lowest BCUT2D eigenvalue weighted by atomic mass is 9.81. The summed E-state index contributed by atoms with van der Waals surface area (Å²) in [4.78, 5) is 4.68. The van der Waals surface area contributed by atoms with Gasteiger partial charge in [-0.1, -0.05) is 184 Å². The molecule has 9 aromatic carbocycles. The molecule has 1 aliphatic carbocycles. The number of fused-ring (bicyclic) bond motifs is 3. The largest absolute Gasteiger partial charge is 0.311 e. The van der Waals surface area contributed by atoms with Crippen molar-refractivity contribution in [2.45, 2.75) is 19.3 Å². The number of hydrogen-bond donors (Lipinski definition) is 0. The van der Waals surface area contributed by atoms with Crippen LogP contribution in [-0.4, -0.2) is 0 Å².